The molecular weight excluding hydrogens is 508 g/mol. The number of carbonyl (C=O) groups is 1. The van der Waals surface area contributed by atoms with Gasteiger partial charge in [-0.15, -0.1) is 0 Å². The highest BCUT2D eigenvalue weighted by Crippen LogP contribution is 2.43. The number of hydrogen-bond acceptors (Lipinski definition) is 8. The van der Waals surface area contributed by atoms with Crippen molar-refractivity contribution in [3.8, 4) is 51.3 Å². The van der Waals surface area contributed by atoms with Crippen LogP contribution < -0.4 is 9.47 Å². The van der Waals surface area contributed by atoms with Crippen molar-refractivity contribution in [1.82, 2.24) is 0 Å². The van der Waals surface area contributed by atoms with Crippen LogP contribution in [0.2, 0.25) is 0 Å². The third-order valence-corrected chi connectivity index (χ3v) is 6.24. The fourth-order valence-electron chi connectivity index (χ4n) is 4.21. The number of benzene rings is 3. The first-order valence-corrected chi connectivity index (χ1v) is 12.2. The second-order valence-electron chi connectivity index (χ2n) is 8.59. The Morgan fingerprint density at radius 1 is 0.825 bits per heavy atom. The Balaban J connectivity index is 1.53. The normalized spacial score (nSPS) is 10.8. The lowest BCUT2D eigenvalue weighted by molar-refractivity contribution is 0.0600. The number of esters is 1. The molecule has 0 fully saturated rings. The van der Waals surface area contributed by atoms with Crippen LogP contribution in [0.25, 0.3) is 33.8 Å². The maximum Gasteiger partial charge on any atom is 0.337 e. The van der Waals surface area contributed by atoms with Crippen LogP contribution >= 0.6 is 0 Å². The number of furan rings is 2. The summed E-state index contributed by atoms with van der Waals surface area (Å²) in [6, 6.07) is 27.5. The molecule has 40 heavy (non-hydrogen) atoms. The maximum absolute atomic E-state index is 11.9. The zero-order valence-corrected chi connectivity index (χ0v) is 22.0. The van der Waals surface area contributed by atoms with E-state index in [2.05, 4.69) is 11.1 Å². The largest absolute Gasteiger partial charge is 0.497 e. The van der Waals surface area contributed by atoms with Crippen molar-refractivity contribution in [2.24, 2.45) is 4.99 Å². The van der Waals surface area contributed by atoms with Gasteiger partial charge in [0.15, 0.2) is 0 Å². The first-order chi connectivity index (χ1) is 19.5. The van der Waals surface area contributed by atoms with Crippen molar-refractivity contribution in [2.75, 3.05) is 21.3 Å². The van der Waals surface area contributed by atoms with Crippen molar-refractivity contribution in [1.29, 1.82) is 5.26 Å². The molecule has 0 aliphatic heterocycles. The van der Waals surface area contributed by atoms with Gasteiger partial charge in [-0.05, 0) is 66.2 Å². The lowest BCUT2D eigenvalue weighted by atomic mass is 9.98. The molecule has 198 valence electrons. The summed E-state index contributed by atoms with van der Waals surface area (Å²) in [7, 11) is 4.53. The van der Waals surface area contributed by atoms with Gasteiger partial charge in [0.05, 0.1) is 33.1 Å². The van der Waals surface area contributed by atoms with E-state index in [1.807, 2.05) is 54.6 Å². The maximum atomic E-state index is 11.9. The number of carbonyl (C=O) groups excluding carboxylic acids is 1. The van der Waals surface area contributed by atoms with Crippen molar-refractivity contribution in [2.45, 2.75) is 0 Å². The van der Waals surface area contributed by atoms with E-state index in [9.17, 15) is 10.1 Å². The molecule has 0 saturated carbocycles. The predicted octanol–water partition coefficient (Wildman–Crippen LogP) is 7.30. The molecule has 0 N–H and O–H groups in total. The van der Waals surface area contributed by atoms with Gasteiger partial charge in [0, 0.05) is 16.7 Å². The van der Waals surface area contributed by atoms with Crippen LogP contribution in [0.15, 0.2) is 98.8 Å². The third kappa shape index (κ3) is 5.22. The minimum atomic E-state index is -0.433. The van der Waals surface area contributed by atoms with E-state index in [1.54, 1.807) is 44.6 Å². The summed E-state index contributed by atoms with van der Waals surface area (Å²) in [5.41, 5.74) is 3.56. The fourth-order valence-corrected chi connectivity index (χ4v) is 4.21. The molecule has 2 aromatic heterocycles. The number of methoxy groups -OCH3 is 3. The molecule has 8 nitrogen and oxygen atoms in total. The molecule has 2 heterocycles. The number of nitriles is 1. The smallest absolute Gasteiger partial charge is 0.337 e. The minimum Gasteiger partial charge on any atom is -0.497 e. The summed E-state index contributed by atoms with van der Waals surface area (Å²) >= 11 is 0. The zero-order valence-electron chi connectivity index (χ0n) is 22.0. The Morgan fingerprint density at radius 3 is 2.12 bits per heavy atom. The lowest BCUT2D eigenvalue weighted by Gasteiger charge is -2.06. The quantitative estimate of drug-likeness (QED) is 0.152. The van der Waals surface area contributed by atoms with Crippen LogP contribution in [-0.2, 0) is 4.74 Å². The first kappa shape index (κ1) is 26.1. The summed E-state index contributed by atoms with van der Waals surface area (Å²) in [4.78, 5) is 16.4. The molecule has 0 unspecified atom stereocenters. The van der Waals surface area contributed by atoms with Crippen molar-refractivity contribution in [3.63, 3.8) is 0 Å². The lowest BCUT2D eigenvalue weighted by Crippen LogP contribution is -2.00. The summed E-state index contributed by atoms with van der Waals surface area (Å²) in [5, 5.41) is 10.2. The number of aliphatic imine (C=N–C) groups is 1. The minimum absolute atomic E-state index is 0.143. The highest BCUT2D eigenvalue weighted by molar-refractivity contribution is 5.91. The molecule has 0 radical (unpaired) electrons. The Hall–Kier alpha value is -5.55. The van der Waals surface area contributed by atoms with Gasteiger partial charge in [-0.1, -0.05) is 24.3 Å². The molecular formula is C32H24N2O6. The molecule has 0 amide bonds. The summed E-state index contributed by atoms with van der Waals surface area (Å²) in [6.45, 7) is 0. The molecule has 8 heteroatoms. The van der Waals surface area contributed by atoms with E-state index in [-0.39, 0.29) is 11.4 Å². The Morgan fingerprint density at radius 2 is 1.50 bits per heavy atom. The summed E-state index contributed by atoms with van der Waals surface area (Å²) in [6.07, 6.45) is 1.49. The third-order valence-electron chi connectivity index (χ3n) is 6.24. The molecule has 0 atom stereocenters. The van der Waals surface area contributed by atoms with Gasteiger partial charge in [0.2, 0.25) is 5.88 Å². The topological polar surface area (TPSA) is 107 Å². The molecule has 3 aromatic carbocycles. The van der Waals surface area contributed by atoms with E-state index >= 15 is 0 Å². The number of ether oxygens (including phenoxy) is 3. The van der Waals surface area contributed by atoms with Crippen LogP contribution in [0.4, 0.5) is 5.88 Å². The van der Waals surface area contributed by atoms with Crippen LogP contribution in [0, 0.1) is 11.3 Å². The van der Waals surface area contributed by atoms with E-state index < -0.39 is 5.97 Å². The van der Waals surface area contributed by atoms with Gasteiger partial charge in [-0.25, -0.2) is 9.79 Å². The molecule has 0 saturated heterocycles. The highest BCUT2D eigenvalue weighted by atomic mass is 16.5. The molecule has 0 bridgehead atoms. The van der Waals surface area contributed by atoms with E-state index in [1.165, 1.54) is 13.3 Å². The Kier molecular flexibility index (Phi) is 7.47. The molecule has 0 aliphatic rings. The standard InChI is InChI=1S/C32H24N2O6/c1-36-24-11-7-20(8-12-24)29-27(18-33)31(40-30(29)21-9-13-25(37-2)14-10-21)34-19-26-15-16-28(39-26)22-5-4-6-23(17-22)32(35)38-3/h4-17,19H,1-3H3. The number of rotatable bonds is 8. The summed E-state index contributed by atoms with van der Waals surface area (Å²) < 4.78 is 27.5. The number of hydrogen-bond donors (Lipinski definition) is 0. The predicted molar refractivity (Wildman–Crippen MR) is 150 cm³/mol. The average molecular weight is 533 g/mol. The van der Waals surface area contributed by atoms with Crippen molar-refractivity contribution >= 4 is 18.1 Å². The van der Waals surface area contributed by atoms with E-state index in [4.69, 9.17) is 23.0 Å². The molecule has 5 rings (SSSR count). The van der Waals surface area contributed by atoms with Crippen LogP contribution in [0.5, 0.6) is 11.5 Å². The fraction of sp³-hybridized carbons (Fsp3) is 0.0938. The highest BCUT2D eigenvalue weighted by Gasteiger charge is 2.23. The summed E-state index contributed by atoms with van der Waals surface area (Å²) in [5.74, 6) is 2.59. The zero-order chi connectivity index (χ0) is 28.1. The SMILES string of the molecule is COC(=O)c1cccc(-c2ccc(C=Nc3oc(-c4ccc(OC)cc4)c(-c4ccc(OC)cc4)c3C#N)o2)c1. The monoisotopic (exact) mass is 532 g/mol. The molecule has 0 aliphatic carbocycles. The first-order valence-electron chi connectivity index (χ1n) is 12.2. The average Bonchev–Trinajstić information content (AvgIpc) is 3.64. The van der Waals surface area contributed by atoms with Gasteiger partial charge >= 0.3 is 5.97 Å². The molecule has 0 spiro atoms. The second-order valence-corrected chi connectivity index (χ2v) is 8.59. The van der Waals surface area contributed by atoms with E-state index in [0.717, 1.165) is 11.1 Å². The van der Waals surface area contributed by atoms with Crippen molar-refractivity contribution < 1.29 is 27.8 Å². The van der Waals surface area contributed by atoms with Gasteiger partial charge in [-0.2, -0.15) is 5.26 Å². The van der Waals surface area contributed by atoms with Crippen LogP contribution in [0.1, 0.15) is 21.7 Å². The van der Waals surface area contributed by atoms with Crippen molar-refractivity contribution in [3.05, 3.63) is 102 Å². The Labute approximate surface area is 230 Å². The van der Waals surface area contributed by atoms with Gasteiger partial charge in [0.25, 0.3) is 0 Å². The second kappa shape index (κ2) is 11.5. The van der Waals surface area contributed by atoms with E-state index in [0.29, 0.717) is 45.5 Å². The van der Waals surface area contributed by atoms with Crippen LogP contribution in [-0.4, -0.2) is 33.5 Å². The Bertz CT molecular complexity index is 1720. The van der Waals surface area contributed by atoms with Crippen LogP contribution in [0.3, 0.4) is 0 Å². The van der Waals surface area contributed by atoms with Gasteiger partial charge in [-0.3, -0.25) is 0 Å². The molecule has 5 aromatic rings. The van der Waals surface area contributed by atoms with Gasteiger partial charge < -0.3 is 23.0 Å². The number of nitrogens with zero attached hydrogens (tertiary/aromatic N) is 2. The van der Waals surface area contributed by atoms with Gasteiger partial charge in [0.1, 0.15) is 40.4 Å².